The maximum atomic E-state index is 11.9. The molecule has 0 amide bonds. The SMILES string of the molecule is CC1(C)CS(=O)(=O)CC2(CCCCC2)N1. The van der Waals surface area contributed by atoms with Crippen LogP contribution in [0.25, 0.3) is 0 Å². The zero-order chi connectivity index (χ0) is 11.2. The van der Waals surface area contributed by atoms with Crippen LogP contribution in [0.5, 0.6) is 0 Å². The second-order valence-corrected chi connectivity index (χ2v) is 7.95. The Morgan fingerprint density at radius 2 is 1.60 bits per heavy atom. The van der Waals surface area contributed by atoms with Gasteiger partial charge in [-0.15, -0.1) is 0 Å². The number of rotatable bonds is 0. The van der Waals surface area contributed by atoms with Crippen molar-refractivity contribution in [3.63, 3.8) is 0 Å². The molecule has 1 saturated heterocycles. The van der Waals surface area contributed by atoms with Crippen molar-refractivity contribution in [3.05, 3.63) is 0 Å². The molecule has 0 bridgehead atoms. The molecule has 1 saturated carbocycles. The molecule has 2 rings (SSSR count). The quantitative estimate of drug-likeness (QED) is 0.687. The van der Waals surface area contributed by atoms with Gasteiger partial charge in [0, 0.05) is 11.1 Å². The number of hydrogen-bond acceptors (Lipinski definition) is 3. The predicted octanol–water partition coefficient (Wildman–Crippen LogP) is 1.49. The molecular formula is C11H21NO2S. The normalized spacial score (nSPS) is 32.7. The van der Waals surface area contributed by atoms with Gasteiger partial charge in [-0.05, 0) is 26.7 Å². The van der Waals surface area contributed by atoms with Crippen molar-refractivity contribution in [1.29, 1.82) is 0 Å². The van der Waals surface area contributed by atoms with Crippen molar-refractivity contribution >= 4 is 9.84 Å². The first-order valence-electron chi connectivity index (χ1n) is 5.82. The Hall–Kier alpha value is -0.0900. The summed E-state index contributed by atoms with van der Waals surface area (Å²) in [7, 11) is -2.86. The van der Waals surface area contributed by atoms with Crippen LogP contribution in [0.15, 0.2) is 0 Å². The largest absolute Gasteiger partial charge is 0.304 e. The van der Waals surface area contributed by atoms with E-state index in [-0.39, 0.29) is 16.8 Å². The Bertz CT molecular complexity index is 340. The van der Waals surface area contributed by atoms with Crippen molar-refractivity contribution in [1.82, 2.24) is 5.32 Å². The molecule has 1 N–H and O–H groups in total. The smallest absolute Gasteiger partial charge is 0.153 e. The van der Waals surface area contributed by atoms with Crippen LogP contribution in [0.2, 0.25) is 0 Å². The predicted molar refractivity (Wildman–Crippen MR) is 61.7 cm³/mol. The van der Waals surface area contributed by atoms with Gasteiger partial charge < -0.3 is 5.32 Å². The van der Waals surface area contributed by atoms with Crippen LogP contribution in [0.3, 0.4) is 0 Å². The van der Waals surface area contributed by atoms with Crippen LogP contribution >= 0.6 is 0 Å². The molecule has 15 heavy (non-hydrogen) atoms. The molecule has 0 aromatic rings. The van der Waals surface area contributed by atoms with Gasteiger partial charge in [0.05, 0.1) is 11.5 Å². The number of nitrogens with one attached hydrogen (secondary N) is 1. The fraction of sp³-hybridized carbons (Fsp3) is 1.00. The third-order valence-electron chi connectivity index (χ3n) is 3.49. The van der Waals surface area contributed by atoms with Gasteiger partial charge in [0.25, 0.3) is 0 Å². The molecule has 3 nitrogen and oxygen atoms in total. The average molecular weight is 231 g/mol. The van der Waals surface area contributed by atoms with Crippen LogP contribution in [0.1, 0.15) is 46.0 Å². The van der Waals surface area contributed by atoms with Gasteiger partial charge in [-0.25, -0.2) is 8.42 Å². The number of sulfone groups is 1. The molecule has 1 heterocycles. The molecule has 1 aliphatic heterocycles. The summed E-state index contributed by atoms with van der Waals surface area (Å²) in [5, 5.41) is 3.58. The van der Waals surface area contributed by atoms with Crippen molar-refractivity contribution < 1.29 is 8.42 Å². The summed E-state index contributed by atoms with van der Waals surface area (Å²) in [6.07, 6.45) is 5.63. The van der Waals surface area contributed by atoms with E-state index < -0.39 is 9.84 Å². The first-order valence-corrected chi connectivity index (χ1v) is 7.65. The van der Waals surface area contributed by atoms with Gasteiger partial charge in [-0.1, -0.05) is 19.3 Å². The summed E-state index contributed by atoms with van der Waals surface area (Å²) in [5.74, 6) is 0.630. The lowest BCUT2D eigenvalue weighted by Gasteiger charge is -2.48. The monoisotopic (exact) mass is 231 g/mol. The van der Waals surface area contributed by atoms with Crippen molar-refractivity contribution in [2.75, 3.05) is 11.5 Å². The molecule has 0 aromatic carbocycles. The topological polar surface area (TPSA) is 46.2 Å². The van der Waals surface area contributed by atoms with Gasteiger partial charge >= 0.3 is 0 Å². The summed E-state index contributed by atoms with van der Waals surface area (Å²) in [6.45, 7) is 4.00. The van der Waals surface area contributed by atoms with E-state index in [0.29, 0.717) is 5.75 Å². The van der Waals surface area contributed by atoms with E-state index in [4.69, 9.17) is 0 Å². The van der Waals surface area contributed by atoms with Crippen LogP contribution in [-0.2, 0) is 9.84 Å². The van der Waals surface area contributed by atoms with E-state index in [2.05, 4.69) is 5.32 Å². The lowest BCUT2D eigenvalue weighted by atomic mass is 9.81. The van der Waals surface area contributed by atoms with Crippen molar-refractivity contribution in [2.45, 2.75) is 57.0 Å². The zero-order valence-corrected chi connectivity index (χ0v) is 10.5. The molecule has 0 radical (unpaired) electrons. The molecule has 4 heteroatoms. The van der Waals surface area contributed by atoms with Gasteiger partial charge in [-0.2, -0.15) is 0 Å². The molecular weight excluding hydrogens is 210 g/mol. The van der Waals surface area contributed by atoms with E-state index in [0.717, 1.165) is 12.8 Å². The molecule has 88 valence electrons. The van der Waals surface area contributed by atoms with E-state index in [1.807, 2.05) is 13.8 Å². The Kier molecular flexibility index (Phi) is 2.62. The lowest BCUT2D eigenvalue weighted by molar-refractivity contribution is 0.191. The van der Waals surface area contributed by atoms with Crippen molar-refractivity contribution in [2.24, 2.45) is 0 Å². The van der Waals surface area contributed by atoms with E-state index >= 15 is 0 Å². The molecule has 2 aliphatic rings. The summed E-state index contributed by atoms with van der Waals surface area (Å²) in [4.78, 5) is 0. The fourth-order valence-corrected chi connectivity index (χ4v) is 5.79. The van der Waals surface area contributed by atoms with Crippen LogP contribution < -0.4 is 5.32 Å². The molecule has 0 atom stereocenters. The highest BCUT2D eigenvalue weighted by Gasteiger charge is 2.46. The van der Waals surface area contributed by atoms with Crippen LogP contribution in [0, 0.1) is 0 Å². The minimum Gasteiger partial charge on any atom is -0.304 e. The highest BCUT2D eigenvalue weighted by Crippen LogP contribution is 2.35. The first kappa shape index (κ1) is 11.4. The van der Waals surface area contributed by atoms with Gasteiger partial charge in [0.1, 0.15) is 0 Å². The summed E-state index contributed by atoms with van der Waals surface area (Å²) in [6, 6.07) is 0. The van der Waals surface area contributed by atoms with Gasteiger partial charge in [0.15, 0.2) is 9.84 Å². The minimum absolute atomic E-state index is 0.112. The third kappa shape index (κ3) is 2.53. The second-order valence-electron chi connectivity index (χ2n) is 5.88. The zero-order valence-electron chi connectivity index (χ0n) is 9.67. The van der Waals surface area contributed by atoms with Crippen molar-refractivity contribution in [3.8, 4) is 0 Å². The van der Waals surface area contributed by atoms with E-state index in [9.17, 15) is 8.42 Å². The molecule has 0 unspecified atom stereocenters. The van der Waals surface area contributed by atoms with E-state index in [1.54, 1.807) is 0 Å². The maximum Gasteiger partial charge on any atom is 0.153 e. The summed E-state index contributed by atoms with van der Waals surface area (Å²) in [5.41, 5.74) is -0.368. The molecule has 2 fully saturated rings. The fourth-order valence-electron chi connectivity index (χ4n) is 3.31. The second kappa shape index (κ2) is 3.45. The first-order chi connectivity index (χ1) is 6.83. The van der Waals surface area contributed by atoms with E-state index in [1.165, 1.54) is 19.3 Å². The molecule has 1 spiro atoms. The lowest BCUT2D eigenvalue weighted by Crippen LogP contribution is -2.66. The van der Waals surface area contributed by atoms with Gasteiger partial charge in [-0.3, -0.25) is 0 Å². The Morgan fingerprint density at radius 1 is 1.00 bits per heavy atom. The Labute approximate surface area is 92.6 Å². The van der Waals surface area contributed by atoms with Gasteiger partial charge in [0.2, 0.25) is 0 Å². The third-order valence-corrected chi connectivity index (χ3v) is 5.65. The standard InChI is InChI=1S/C11H21NO2S/c1-10(2)8-15(13,14)9-11(12-10)6-4-3-5-7-11/h12H,3-9H2,1-2H3. The molecule has 0 aromatic heterocycles. The Morgan fingerprint density at radius 3 is 2.13 bits per heavy atom. The van der Waals surface area contributed by atoms with Crippen LogP contribution in [0.4, 0.5) is 0 Å². The average Bonchev–Trinajstić information content (AvgIpc) is 1.97. The highest BCUT2D eigenvalue weighted by atomic mass is 32.2. The summed E-state index contributed by atoms with van der Waals surface area (Å²) < 4.78 is 23.8. The number of hydrogen-bond donors (Lipinski definition) is 1. The highest BCUT2D eigenvalue weighted by molar-refractivity contribution is 7.91. The molecule has 1 aliphatic carbocycles. The van der Waals surface area contributed by atoms with Crippen LogP contribution in [-0.4, -0.2) is 31.0 Å². The Balaban J connectivity index is 2.26. The summed E-state index contributed by atoms with van der Waals surface area (Å²) >= 11 is 0. The maximum absolute atomic E-state index is 11.9. The minimum atomic E-state index is -2.86.